The Labute approximate surface area is 269 Å². The lowest BCUT2D eigenvalue weighted by Gasteiger charge is -2.08. The van der Waals surface area contributed by atoms with Crippen LogP contribution in [0.4, 0.5) is 0 Å². The lowest BCUT2D eigenvalue weighted by molar-refractivity contribution is -0.141. The molecule has 9 nitrogen and oxygen atoms in total. The third-order valence-corrected chi connectivity index (χ3v) is 9.72. The predicted octanol–water partition coefficient (Wildman–Crippen LogP) is 5.52. The van der Waals surface area contributed by atoms with Crippen LogP contribution in [0, 0.1) is 6.92 Å². The number of esters is 2. The van der Waals surface area contributed by atoms with Crippen molar-refractivity contribution in [2.75, 3.05) is 14.2 Å². The zero-order valence-corrected chi connectivity index (χ0v) is 28.1. The molecular formula is C34H35IN4O5. The number of methoxy groups -OCH3 is 2. The van der Waals surface area contributed by atoms with Gasteiger partial charge in [0.2, 0.25) is 0 Å². The Kier molecular flexibility index (Phi) is 8.92. The van der Waals surface area contributed by atoms with Crippen molar-refractivity contribution in [2.24, 2.45) is 15.0 Å². The van der Waals surface area contributed by atoms with Crippen LogP contribution in [0.5, 0.6) is 0 Å². The highest BCUT2D eigenvalue weighted by molar-refractivity contribution is 14.1. The minimum absolute atomic E-state index is 0.193. The molecule has 4 aliphatic heterocycles. The first-order valence-corrected chi connectivity index (χ1v) is 15.4. The van der Waals surface area contributed by atoms with Crippen molar-refractivity contribution in [3.05, 3.63) is 82.5 Å². The number of aromatic amines is 1. The first-order chi connectivity index (χ1) is 20.9. The molecule has 0 amide bonds. The van der Waals surface area contributed by atoms with Gasteiger partial charge in [0.05, 0.1) is 59.6 Å². The SMILES string of the molecule is COC(=O)CCC1=C(C)C2=NC1=CC1=NC(=CC3=NC(=Cc4[nH]c(/c(=C(\C)O)c4C)=C2)C(I)=C3C)C(C)=C1CCC(=O)OC. The van der Waals surface area contributed by atoms with E-state index in [9.17, 15) is 14.7 Å². The standard InChI is InChI=1S/C34H35IN4O5/c1-16-21(8-10-31(41)43-6)27-15-28-22(9-11-32(42)44-7)17(2)24(37-28)13-29-33(20(5)40)18(3)25(38-29)14-30-34(35)19(4)26(39-30)12-23(16)36-27/h12-15,38,40H,8-11H2,1-7H3/b23-12?,28-15?,29-13?,30-14?,33-20+. The molecule has 1 aromatic heterocycles. The Bertz CT molecular complexity index is 1920. The van der Waals surface area contributed by atoms with Gasteiger partial charge < -0.3 is 19.6 Å². The minimum atomic E-state index is -0.308. The smallest absolute Gasteiger partial charge is 0.305 e. The lowest BCUT2D eigenvalue weighted by atomic mass is 9.96. The average molecular weight is 707 g/mol. The number of rotatable bonds is 6. The van der Waals surface area contributed by atoms with Gasteiger partial charge in [-0.05, 0) is 128 Å². The Morgan fingerprint density at radius 1 is 0.773 bits per heavy atom. The average Bonchev–Trinajstić information content (AvgIpc) is 3.64. The summed E-state index contributed by atoms with van der Waals surface area (Å²) >= 11 is 2.32. The van der Waals surface area contributed by atoms with E-state index in [1.54, 1.807) is 6.92 Å². The number of fused-ring (bicyclic) bond motifs is 5. The van der Waals surface area contributed by atoms with Crippen molar-refractivity contribution in [1.29, 1.82) is 0 Å². The van der Waals surface area contributed by atoms with Gasteiger partial charge in [0.15, 0.2) is 0 Å². The Balaban J connectivity index is 1.80. The summed E-state index contributed by atoms with van der Waals surface area (Å²) in [6.45, 7) is 9.67. The molecule has 0 atom stereocenters. The summed E-state index contributed by atoms with van der Waals surface area (Å²) in [6, 6.07) is 0. The van der Waals surface area contributed by atoms with E-state index in [4.69, 9.17) is 24.5 Å². The van der Waals surface area contributed by atoms with Crippen molar-refractivity contribution >= 4 is 69.6 Å². The summed E-state index contributed by atoms with van der Waals surface area (Å²) in [5.41, 5.74) is 11.0. The normalized spacial score (nSPS) is 18.4. The molecule has 44 heavy (non-hydrogen) atoms. The Morgan fingerprint density at radius 3 is 1.98 bits per heavy atom. The number of aliphatic hydroxyl groups is 1. The van der Waals surface area contributed by atoms with Gasteiger partial charge in [0.25, 0.3) is 0 Å². The number of nitrogens with zero attached hydrogens (tertiary/aromatic N) is 3. The van der Waals surface area contributed by atoms with E-state index in [1.165, 1.54) is 14.2 Å². The van der Waals surface area contributed by atoms with Gasteiger partial charge in [-0.25, -0.2) is 15.0 Å². The van der Waals surface area contributed by atoms with Crippen molar-refractivity contribution in [3.63, 3.8) is 0 Å². The van der Waals surface area contributed by atoms with Crippen LogP contribution in [0.25, 0.3) is 17.9 Å². The van der Waals surface area contributed by atoms with Gasteiger partial charge in [-0.2, -0.15) is 0 Å². The number of aliphatic hydroxyl groups excluding tert-OH is 1. The third-order valence-electron chi connectivity index (χ3n) is 8.36. The molecule has 0 unspecified atom stereocenters. The largest absolute Gasteiger partial charge is 0.512 e. The highest BCUT2D eigenvalue weighted by Crippen LogP contribution is 2.37. The number of aliphatic imine (C=N–C) groups is 3. The summed E-state index contributed by atoms with van der Waals surface area (Å²) in [4.78, 5) is 42.8. The van der Waals surface area contributed by atoms with Gasteiger partial charge in [-0.1, -0.05) is 0 Å². The fourth-order valence-electron chi connectivity index (χ4n) is 5.76. The lowest BCUT2D eigenvalue weighted by Crippen LogP contribution is -2.27. The molecule has 0 aromatic carbocycles. The third kappa shape index (κ3) is 5.87. The van der Waals surface area contributed by atoms with Crippen LogP contribution in [0.2, 0.25) is 0 Å². The molecule has 0 radical (unpaired) electrons. The summed E-state index contributed by atoms with van der Waals surface area (Å²) in [6.07, 6.45) is 9.14. The molecule has 8 bridgehead atoms. The van der Waals surface area contributed by atoms with Crippen LogP contribution >= 0.6 is 22.6 Å². The second-order valence-electron chi connectivity index (χ2n) is 11.1. The second-order valence-corrected chi connectivity index (χ2v) is 12.1. The molecule has 0 spiro atoms. The number of carbonyl (C=O) groups excluding carboxylic acids is 2. The maximum absolute atomic E-state index is 12.1. The molecule has 2 N–H and O–H groups in total. The molecule has 0 aliphatic carbocycles. The molecule has 4 aliphatic rings. The minimum Gasteiger partial charge on any atom is -0.512 e. The number of ether oxygens (including phenoxy) is 2. The number of carbonyl (C=O) groups is 2. The van der Waals surface area contributed by atoms with E-state index < -0.39 is 0 Å². The second kappa shape index (κ2) is 12.5. The summed E-state index contributed by atoms with van der Waals surface area (Å²) < 4.78 is 10.9. The van der Waals surface area contributed by atoms with Crippen LogP contribution in [-0.2, 0) is 19.1 Å². The number of halogens is 1. The van der Waals surface area contributed by atoms with Gasteiger partial charge in [-0.3, -0.25) is 9.59 Å². The van der Waals surface area contributed by atoms with E-state index in [0.29, 0.717) is 35.2 Å². The van der Waals surface area contributed by atoms with Crippen molar-refractivity contribution < 1.29 is 24.2 Å². The van der Waals surface area contributed by atoms with Crippen LogP contribution in [0.15, 0.2) is 75.7 Å². The monoisotopic (exact) mass is 706 g/mol. The highest BCUT2D eigenvalue weighted by atomic mass is 127. The molecule has 0 saturated heterocycles. The first kappa shape index (κ1) is 31.4. The molecule has 228 valence electrons. The molecule has 1 aromatic rings. The van der Waals surface area contributed by atoms with Crippen LogP contribution < -0.4 is 10.6 Å². The van der Waals surface area contributed by atoms with E-state index in [1.807, 2.05) is 52.0 Å². The molecule has 0 fully saturated rings. The number of hydrogen-bond donors (Lipinski definition) is 2. The topological polar surface area (TPSA) is 126 Å². The van der Waals surface area contributed by atoms with Gasteiger partial charge >= 0.3 is 11.9 Å². The summed E-state index contributed by atoms with van der Waals surface area (Å²) in [7, 11) is 2.76. The van der Waals surface area contributed by atoms with Crippen molar-refractivity contribution in [1.82, 2.24) is 4.98 Å². The van der Waals surface area contributed by atoms with Crippen LogP contribution in [0.3, 0.4) is 0 Å². The Morgan fingerprint density at radius 2 is 1.34 bits per heavy atom. The Hall–Kier alpha value is -4.06. The summed E-state index contributed by atoms with van der Waals surface area (Å²) in [5.74, 6) is -0.412. The number of aromatic nitrogens is 1. The quantitative estimate of drug-likeness (QED) is 0.298. The number of hydrogen-bond acceptors (Lipinski definition) is 8. The fourth-order valence-corrected chi connectivity index (χ4v) is 6.31. The van der Waals surface area contributed by atoms with Gasteiger partial charge in [0, 0.05) is 27.3 Å². The number of nitrogens with one attached hydrogen (secondary N) is 1. The molecular weight excluding hydrogens is 671 g/mol. The van der Waals surface area contributed by atoms with Crippen molar-refractivity contribution in [2.45, 2.75) is 60.3 Å². The van der Waals surface area contributed by atoms with E-state index in [0.717, 1.165) is 65.2 Å². The predicted molar refractivity (Wildman–Crippen MR) is 182 cm³/mol. The molecule has 5 rings (SSSR count). The molecule has 10 heteroatoms. The highest BCUT2D eigenvalue weighted by Gasteiger charge is 2.27. The van der Waals surface area contributed by atoms with Gasteiger partial charge in [0.1, 0.15) is 0 Å². The van der Waals surface area contributed by atoms with Crippen LogP contribution in [0.1, 0.15) is 64.6 Å². The fraction of sp³-hybridized carbons (Fsp3) is 0.324. The maximum atomic E-state index is 12.1. The van der Waals surface area contributed by atoms with Gasteiger partial charge in [-0.15, -0.1) is 0 Å². The summed E-state index contributed by atoms with van der Waals surface area (Å²) in [5, 5.41) is 12.1. The zero-order valence-electron chi connectivity index (χ0n) is 25.9. The van der Waals surface area contributed by atoms with E-state index in [-0.39, 0.29) is 30.5 Å². The van der Waals surface area contributed by atoms with E-state index in [2.05, 4.69) is 27.6 Å². The van der Waals surface area contributed by atoms with Crippen molar-refractivity contribution in [3.8, 4) is 0 Å². The van der Waals surface area contributed by atoms with Crippen LogP contribution in [-0.4, -0.2) is 53.4 Å². The molecule has 0 saturated carbocycles. The first-order valence-electron chi connectivity index (χ1n) is 14.4. The zero-order chi connectivity index (χ0) is 31.9. The maximum Gasteiger partial charge on any atom is 0.305 e. The number of allylic oxidation sites excluding steroid dienone is 8. The molecule has 5 heterocycles. The van der Waals surface area contributed by atoms with E-state index >= 15 is 0 Å². The number of H-pyrrole nitrogens is 1.